The summed E-state index contributed by atoms with van der Waals surface area (Å²) in [6.45, 7) is 4.58. The zero-order valence-electron chi connectivity index (χ0n) is 15.3. The average Bonchev–Trinajstić information content (AvgIpc) is 2.69. The van der Waals surface area contributed by atoms with Crippen molar-refractivity contribution in [3.63, 3.8) is 0 Å². The number of non-ortho nitro benzene ring substituents is 1. The highest BCUT2D eigenvalue weighted by Crippen LogP contribution is 2.19. The first kappa shape index (κ1) is 18.8. The van der Waals surface area contributed by atoms with Crippen LogP contribution in [0.3, 0.4) is 0 Å². The van der Waals surface area contributed by atoms with E-state index in [4.69, 9.17) is 0 Å². The van der Waals surface area contributed by atoms with Gasteiger partial charge in [0.15, 0.2) is 6.54 Å². The normalized spacial score (nSPS) is 14.7. The summed E-state index contributed by atoms with van der Waals surface area (Å²) in [5, 5.41) is 13.7. The number of nitro groups is 1. The highest BCUT2D eigenvalue weighted by Gasteiger charge is 2.22. The zero-order chi connectivity index (χ0) is 19.1. The minimum atomic E-state index is -0.387. The van der Waals surface area contributed by atoms with Gasteiger partial charge < -0.3 is 15.1 Å². The van der Waals surface area contributed by atoms with Gasteiger partial charge in [-0.25, -0.2) is 0 Å². The van der Waals surface area contributed by atoms with E-state index in [1.165, 1.54) is 22.6 Å². The number of nitrogens with zero attached hydrogens (tertiary/aromatic N) is 2. The molecule has 0 radical (unpaired) electrons. The lowest BCUT2D eigenvalue weighted by Gasteiger charge is -2.33. The number of nitrogens with one attached hydrogen (secondary N) is 2. The number of nitro benzene ring substituents is 1. The molecule has 0 unspecified atom stereocenters. The van der Waals surface area contributed by atoms with Crippen LogP contribution in [0, 0.1) is 10.1 Å². The van der Waals surface area contributed by atoms with Gasteiger partial charge in [-0.3, -0.25) is 14.9 Å². The molecule has 0 spiro atoms. The number of anilines is 1. The van der Waals surface area contributed by atoms with Crippen LogP contribution in [0.15, 0.2) is 54.6 Å². The van der Waals surface area contributed by atoms with Crippen LogP contribution in [0.1, 0.15) is 5.56 Å². The molecule has 1 heterocycles. The highest BCUT2D eigenvalue weighted by molar-refractivity contribution is 5.76. The van der Waals surface area contributed by atoms with E-state index in [9.17, 15) is 14.9 Å². The van der Waals surface area contributed by atoms with Gasteiger partial charge in [0.2, 0.25) is 0 Å². The topological polar surface area (TPSA) is 79.9 Å². The summed E-state index contributed by atoms with van der Waals surface area (Å²) in [7, 11) is 0. The first-order valence-electron chi connectivity index (χ1n) is 9.25. The van der Waals surface area contributed by atoms with Gasteiger partial charge >= 0.3 is 0 Å². The van der Waals surface area contributed by atoms with Crippen molar-refractivity contribution >= 4 is 17.3 Å². The van der Waals surface area contributed by atoms with Crippen LogP contribution in [-0.2, 0) is 11.2 Å². The highest BCUT2D eigenvalue weighted by atomic mass is 16.6. The molecule has 3 rings (SSSR count). The lowest BCUT2D eigenvalue weighted by molar-refractivity contribution is -0.892. The second-order valence-corrected chi connectivity index (χ2v) is 6.77. The Labute approximate surface area is 158 Å². The van der Waals surface area contributed by atoms with Crippen LogP contribution < -0.4 is 15.1 Å². The van der Waals surface area contributed by atoms with E-state index >= 15 is 0 Å². The molecule has 0 bridgehead atoms. The monoisotopic (exact) mass is 369 g/mol. The maximum absolute atomic E-state index is 12.1. The van der Waals surface area contributed by atoms with E-state index < -0.39 is 0 Å². The van der Waals surface area contributed by atoms with Crippen LogP contribution in [0.5, 0.6) is 0 Å². The van der Waals surface area contributed by atoms with Crippen LogP contribution in [-0.4, -0.2) is 50.1 Å². The summed E-state index contributed by atoms with van der Waals surface area (Å²) in [5.41, 5.74) is 2.32. The summed E-state index contributed by atoms with van der Waals surface area (Å²) in [4.78, 5) is 26.0. The number of benzene rings is 2. The van der Waals surface area contributed by atoms with Crippen LogP contribution in [0.25, 0.3) is 0 Å². The molecule has 0 aromatic heterocycles. The van der Waals surface area contributed by atoms with Gasteiger partial charge in [-0.1, -0.05) is 30.3 Å². The molecule has 7 heteroatoms. The van der Waals surface area contributed by atoms with Gasteiger partial charge in [-0.15, -0.1) is 0 Å². The molecule has 0 atom stereocenters. The Hall–Kier alpha value is -2.93. The summed E-state index contributed by atoms with van der Waals surface area (Å²) >= 11 is 0. The van der Waals surface area contributed by atoms with E-state index in [0.717, 1.165) is 38.3 Å². The molecule has 7 nitrogen and oxygen atoms in total. The predicted molar refractivity (Wildman–Crippen MR) is 104 cm³/mol. The standard InChI is InChI=1S/C20H24N4O3/c25-20(21-11-10-17-4-2-1-3-5-17)16-22-12-14-23(15-13-22)18-6-8-19(9-7-18)24(26)27/h1-9H,10-16H2,(H,21,25)/p+1. The molecule has 1 amide bonds. The van der Waals surface area contributed by atoms with Crippen molar-refractivity contribution in [1.82, 2.24) is 5.32 Å². The van der Waals surface area contributed by atoms with Gasteiger partial charge in [0, 0.05) is 24.4 Å². The van der Waals surface area contributed by atoms with Crippen molar-refractivity contribution in [2.45, 2.75) is 6.42 Å². The van der Waals surface area contributed by atoms with Gasteiger partial charge in [-0.05, 0) is 24.1 Å². The molecule has 2 N–H and O–H groups in total. The molecular formula is C20H25N4O3+. The van der Waals surface area contributed by atoms with E-state index in [-0.39, 0.29) is 16.5 Å². The minimum Gasteiger partial charge on any atom is -0.360 e. The number of quaternary nitrogens is 1. The van der Waals surface area contributed by atoms with Crippen molar-refractivity contribution in [2.24, 2.45) is 0 Å². The van der Waals surface area contributed by atoms with Crippen molar-refractivity contribution in [3.05, 3.63) is 70.3 Å². The van der Waals surface area contributed by atoms with Gasteiger partial charge in [0.1, 0.15) is 0 Å². The lowest BCUT2D eigenvalue weighted by Crippen LogP contribution is -3.16. The maximum Gasteiger partial charge on any atom is 0.275 e. The third-order valence-electron chi connectivity index (χ3n) is 4.89. The largest absolute Gasteiger partial charge is 0.360 e. The third-order valence-corrected chi connectivity index (χ3v) is 4.89. The second kappa shape index (κ2) is 9.14. The minimum absolute atomic E-state index is 0.0877. The number of carbonyl (C=O) groups is 1. The molecule has 142 valence electrons. The Morgan fingerprint density at radius 3 is 2.37 bits per heavy atom. The Morgan fingerprint density at radius 1 is 1.07 bits per heavy atom. The number of amides is 1. The number of piperazine rings is 1. The molecular weight excluding hydrogens is 344 g/mol. The molecule has 2 aromatic carbocycles. The molecule has 27 heavy (non-hydrogen) atoms. The molecule has 1 fully saturated rings. The summed E-state index contributed by atoms with van der Waals surface area (Å²) in [6, 6.07) is 16.8. The van der Waals surface area contributed by atoms with E-state index in [0.29, 0.717) is 13.1 Å². The molecule has 2 aromatic rings. The Balaban J connectivity index is 1.38. The van der Waals surface area contributed by atoms with Crippen molar-refractivity contribution < 1.29 is 14.6 Å². The number of rotatable bonds is 7. The summed E-state index contributed by atoms with van der Waals surface area (Å²) in [6.07, 6.45) is 0.843. The smallest absolute Gasteiger partial charge is 0.275 e. The van der Waals surface area contributed by atoms with Gasteiger partial charge in [0.05, 0.1) is 31.1 Å². The first-order chi connectivity index (χ1) is 13.1. The third kappa shape index (κ3) is 5.52. The Bertz CT molecular complexity index is 757. The molecule has 0 saturated carbocycles. The van der Waals surface area contributed by atoms with Gasteiger partial charge in [0.25, 0.3) is 11.6 Å². The number of hydrogen-bond donors (Lipinski definition) is 2. The summed E-state index contributed by atoms with van der Waals surface area (Å²) < 4.78 is 0. The van der Waals surface area contributed by atoms with Gasteiger partial charge in [-0.2, -0.15) is 0 Å². The maximum atomic E-state index is 12.1. The SMILES string of the molecule is O=C(C[NH+]1CCN(c2ccc([N+](=O)[O-])cc2)CC1)NCCc1ccccc1. The lowest BCUT2D eigenvalue weighted by atomic mass is 10.1. The van der Waals surface area contributed by atoms with E-state index in [1.54, 1.807) is 12.1 Å². The quantitative estimate of drug-likeness (QED) is 0.555. The molecule has 1 aliphatic rings. The van der Waals surface area contributed by atoms with Crippen LogP contribution in [0.2, 0.25) is 0 Å². The fourth-order valence-corrected chi connectivity index (χ4v) is 3.32. The van der Waals surface area contributed by atoms with Crippen LogP contribution >= 0.6 is 0 Å². The van der Waals surface area contributed by atoms with Crippen molar-refractivity contribution in [3.8, 4) is 0 Å². The number of hydrogen-bond acceptors (Lipinski definition) is 4. The van der Waals surface area contributed by atoms with Crippen molar-refractivity contribution in [2.75, 3.05) is 44.2 Å². The molecule has 1 saturated heterocycles. The predicted octanol–water partition coefficient (Wildman–Crippen LogP) is 0.659. The number of carbonyl (C=O) groups excluding carboxylic acids is 1. The van der Waals surface area contributed by atoms with E-state index in [2.05, 4.69) is 22.3 Å². The van der Waals surface area contributed by atoms with Crippen LogP contribution in [0.4, 0.5) is 11.4 Å². The average molecular weight is 369 g/mol. The Kier molecular flexibility index (Phi) is 6.38. The van der Waals surface area contributed by atoms with Crippen molar-refractivity contribution in [1.29, 1.82) is 0 Å². The second-order valence-electron chi connectivity index (χ2n) is 6.77. The fraction of sp³-hybridized carbons (Fsp3) is 0.350. The Morgan fingerprint density at radius 2 is 1.74 bits per heavy atom. The molecule has 1 aliphatic heterocycles. The molecule has 0 aliphatic carbocycles. The fourth-order valence-electron chi connectivity index (χ4n) is 3.32. The zero-order valence-corrected chi connectivity index (χ0v) is 15.3. The van der Waals surface area contributed by atoms with E-state index in [1.807, 2.05) is 18.2 Å². The first-order valence-corrected chi connectivity index (χ1v) is 9.25. The summed E-state index contributed by atoms with van der Waals surface area (Å²) in [5.74, 6) is 0.0877.